The molecule has 0 saturated heterocycles. The van der Waals surface area contributed by atoms with Gasteiger partial charge in [0.15, 0.2) is 0 Å². The summed E-state index contributed by atoms with van der Waals surface area (Å²) in [4.78, 5) is 15.2. The number of hydrogen-bond donors (Lipinski definition) is 3. The number of ether oxygens (including phenoxy) is 2. The molecule has 35 heavy (non-hydrogen) atoms. The molecule has 0 amide bonds. The molecular weight excluding hydrogens is 451 g/mol. The molecule has 0 spiro atoms. The van der Waals surface area contributed by atoms with Crippen molar-refractivity contribution in [3.05, 3.63) is 76.7 Å². The van der Waals surface area contributed by atoms with Crippen molar-refractivity contribution < 1.29 is 28.9 Å². The first kappa shape index (κ1) is 24.6. The highest BCUT2D eigenvalue weighted by Crippen LogP contribution is 2.39. The third kappa shape index (κ3) is 5.13. The Balaban J connectivity index is 1.64. The van der Waals surface area contributed by atoms with Crippen LogP contribution in [0, 0.1) is 11.7 Å². The second-order valence-electron chi connectivity index (χ2n) is 8.74. The van der Waals surface area contributed by atoms with Gasteiger partial charge in [-0.2, -0.15) is 0 Å². The number of aliphatic hydroxyl groups is 1. The van der Waals surface area contributed by atoms with Crippen molar-refractivity contribution in [1.82, 2.24) is 10.3 Å². The van der Waals surface area contributed by atoms with Crippen molar-refractivity contribution in [3.63, 3.8) is 0 Å². The number of pyridine rings is 1. The van der Waals surface area contributed by atoms with Crippen molar-refractivity contribution in [3.8, 4) is 22.8 Å². The predicted octanol–water partition coefficient (Wildman–Crippen LogP) is 4.44. The van der Waals surface area contributed by atoms with Crippen molar-refractivity contribution in [1.29, 1.82) is 0 Å². The van der Waals surface area contributed by atoms with E-state index in [4.69, 9.17) is 9.47 Å². The minimum Gasteiger partial charge on any atom is -0.485 e. The zero-order chi connectivity index (χ0) is 25.1. The second kappa shape index (κ2) is 10.4. The summed E-state index contributed by atoms with van der Waals surface area (Å²) in [6.07, 6.45) is 1.34. The predicted molar refractivity (Wildman–Crippen MR) is 129 cm³/mol. The van der Waals surface area contributed by atoms with Gasteiger partial charge in [-0.05, 0) is 60.7 Å². The fourth-order valence-electron chi connectivity index (χ4n) is 4.38. The van der Waals surface area contributed by atoms with Gasteiger partial charge in [-0.15, -0.1) is 0 Å². The zero-order valence-corrected chi connectivity index (χ0v) is 19.9. The lowest BCUT2D eigenvalue weighted by molar-refractivity contribution is -0.145. The fraction of sp³-hybridized carbons (Fsp3) is 0.333. The summed E-state index contributed by atoms with van der Waals surface area (Å²) in [7, 11) is 3.32. The van der Waals surface area contributed by atoms with Crippen LogP contribution in [0.4, 0.5) is 4.39 Å². The number of carboxylic acid groups (broad SMARTS) is 1. The number of carboxylic acids is 1. The highest BCUT2D eigenvalue weighted by molar-refractivity contribution is 5.71. The maximum atomic E-state index is 14.6. The van der Waals surface area contributed by atoms with Gasteiger partial charge in [-0.1, -0.05) is 30.3 Å². The van der Waals surface area contributed by atoms with Crippen LogP contribution in [0.25, 0.3) is 11.1 Å². The molecule has 4 rings (SSSR count). The fourth-order valence-corrected chi connectivity index (χ4v) is 4.38. The molecule has 1 aliphatic rings. The Bertz CT molecular complexity index is 1230. The summed E-state index contributed by atoms with van der Waals surface area (Å²) in [5, 5.41) is 22.8. The monoisotopic (exact) mass is 480 g/mol. The molecule has 3 aromatic rings. The smallest absolute Gasteiger partial charge is 0.309 e. The number of nitrogens with zero attached hydrogens (tertiary/aromatic N) is 1. The molecule has 0 radical (unpaired) electrons. The summed E-state index contributed by atoms with van der Waals surface area (Å²) in [5.74, 6) is -1.45. The van der Waals surface area contributed by atoms with E-state index in [1.165, 1.54) is 14.0 Å². The molecule has 0 fully saturated rings. The third-order valence-corrected chi connectivity index (χ3v) is 6.44. The lowest BCUT2D eigenvalue weighted by atomic mass is 9.91. The maximum Gasteiger partial charge on any atom is 0.309 e. The molecule has 0 saturated carbocycles. The van der Waals surface area contributed by atoms with Crippen LogP contribution in [0.1, 0.15) is 47.8 Å². The van der Waals surface area contributed by atoms with E-state index >= 15 is 0 Å². The standard InChI is InChI=1S/C27H29FN2O5/c1-15(27(32)33)26(31)18-5-4-16-7-9-23(35-24(16)11-18)17-6-8-20(19(10-17)13-29-2)21-12-25(34-3)30-14-22(21)28/h4-6,8,10-12,14-15,23,26,29,31H,7,9,13H2,1-3H3,(H,32,33)/t15-,23?,26+/m0/s1. The van der Waals surface area contributed by atoms with E-state index in [1.54, 1.807) is 18.2 Å². The molecule has 1 aromatic heterocycles. The second-order valence-corrected chi connectivity index (χ2v) is 8.74. The summed E-state index contributed by atoms with van der Waals surface area (Å²) in [6, 6.07) is 12.8. The van der Waals surface area contributed by atoms with Crippen LogP contribution in [-0.4, -0.2) is 35.3 Å². The first-order valence-corrected chi connectivity index (χ1v) is 11.5. The third-order valence-electron chi connectivity index (χ3n) is 6.44. The zero-order valence-electron chi connectivity index (χ0n) is 19.9. The SMILES string of the molecule is CNCc1cc(C2CCc3ccc([C@H](O)[C@H](C)C(=O)O)cc3O2)ccc1-c1cc(OC)ncc1F. The molecule has 184 valence electrons. The van der Waals surface area contributed by atoms with Gasteiger partial charge in [0, 0.05) is 18.2 Å². The Morgan fingerprint density at radius 2 is 2.06 bits per heavy atom. The van der Waals surface area contributed by atoms with Crippen LogP contribution in [0.15, 0.2) is 48.7 Å². The molecule has 3 atom stereocenters. The van der Waals surface area contributed by atoms with Crippen LogP contribution >= 0.6 is 0 Å². The van der Waals surface area contributed by atoms with Gasteiger partial charge in [0.25, 0.3) is 0 Å². The summed E-state index contributed by atoms with van der Waals surface area (Å²) in [6.45, 7) is 2.00. The minimum atomic E-state index is -1.13. The van der Waals surface area contributed by atoms with Crippen molar-refractivity contribution in [2.24, 2.45) is 5.92 Å². The average molecular weight is 481 g/mol. The number of aliphatic hydroxyl groups excluding tert-OH is 1. The Kier molecular flexibility index (Phi) is 7.33. The average Bonchev–Trinajstić information content (AvgIpc) is 2.87. The number of methoxy groups -OCH3 is 1. The molecule has 0 aliphatic carbocycles. The van der Waals surface area contributed by atoms with Crippen LogP contribution in [0.5, 0.6) is 11.6 Å². The van der Waals surface area contributed by atoms with Gasteiger partial charge in [0.2, 0.25) is 5.88 Å². The summed E-state index contributed by atoms with van der Waals surface area (Å²) >= 11 is 0. The quantitative estimate of drug-likeness (QED) is 0.438. The highest BCUT2D eigenvalue weighted by atomic mass is 19.1. The molecule has 3 N–H and O–H groups in total. The van der Waals surface area contributed by atoms with E-state index in [0.29, 0.717) is 29.3 Å². The Morgan fingerprint density at radius 3 is 2.77 bits per heavy atom. The first-order chi connectivity index (χ1) is 16.8. The number of nitrogens with one attached hydrogen (secondary N) is 1. The molecule has 2 aromatic carbocycles. The molecule has 2 heterocycles. The normalized spacial score (nSPS) is 16.7. The topological polar surface area (TPSA) is 101 Å². The Labute approximate surface area is 203 Å². The summed E-state index contributed by atoms with van der Waals surface area (Å²) < 4.78 is 26.1. The number of benzene rings is 2. The minimum absolute atomic E-state index is 0.228. The number of carbonyl (C=O) groups is 1. The largest absolute Gasteiger partial charge is 0.485 e. The van der Waals surface area contributed by atoms with Crippen LogP contribution in [0.3, 0.4) is 0 Å². The number of aromatic nitrogens is 1. The van der Waals surface area contributed by atoms with Gasteiger partial charge in [0.05, 0.1) is 25.3 Å². The van der Waals surface area contributed by atoms with Crippen LogP contribution in [-0.2, 0) is 17.8 Å². The van der Waals surface area contributed by atoms with Gasteiger partial charge in [0.1, 0.15) is 17.7 Å². The number of aliphatic carboxylic acids is 1. The number of fused-ring (bicyclic) bond motifs is 1. The first-order valence-electron chi connectivity index (χ1n) is 11.5. The van der Waals surface area contributed by atoms with Crippen molar-refractivity contribution in [2.45, 2.75) is 38.5 Å². The van der Waals surface area contributed by atoms with Crippen LogP contribution in [0.2, 0.25) is 0 Å². The van der Waals surface area contributed by atoms with Gasteiger partial charge in [-0.25, -0.2) is 9.37 Å². The molecule has 0 bridgehead atoms. The van der Waals surface area contributed by atoms with E-state index in [-0.39, 0.29) is 6.10 Å². The van der Waals surface area contributed by atoms with E-state index in [1.807, 2.05) is 31.3 Å². The molecule has 1 aliphatic heterocycles. The number of rotatable bonds is 8. The molecule has 7 nitrogen and oxygen atoms in total. The lowest BCUT2D eigenvalue weighted by Gasteiger charge is -2.28. The lowest BCUT2D eigenvalue weighted by Crippen LogP contribution is -2.20. The van der Waals surface area contributed by atoms with Gasteiger partial charge in [-0.3, -0.25) is 4.79 Å². The molecular formula is C27H29FN2O5. The Hall–Kier alpha value is -3.49. The van der Waals surface area contributed by atoms with E-state index in [2.05, 4.69) is 10.3 Å². The van der Waals surface area contributed by atoms with Crippen molar-refractivity contribution in [2.75, 3.05) is 14.2 Å². The van der Waals surface area contributed by atoms with Crippen LogP contribution < -0.4 is 14.8 Å². The molecule has 8 heteroatoms. The maximum absolute atomic E-state index is 14.6. The van der Waals surface area contributed by atoms with E-state index < -0.39 is 23.8 Å². The number of halogens is 1. The Morgan fingerprint density at radius 1 is 1.26 bits per heavy atom. The number of hydrogen-bond acceptors (Lipinski definition) is 6. The molecule has 1 unspecified atom stereocenters. The van der Waals surface area contributed by atoms with Crippen molar-refractivity contribution >= 4 is 5.97 Å². The van der Waals surface area contributed by atoms with E-state index in [0.717, 1.165) is 41.3 Å². The van der Waals surface area contributed by atoms with Gasteiger partial charge < -0.3 is 25.0 Å². The number of aryl methyl sites for hydroxylation is 1. The van der Waals surface area contributed by atoms with E-state index in [9.17, 15) is 19.4 Å². The van der Waals surface area contributed by atoms with Gasteiger partial charge >= 0.3 is 5.97 Å². The highest BCUT2D eigenvalue weighted by Gasteiger charge is 2.27. The summed E-state index contributed by atoms with van der Waals surface area (Å²) in [5.41, 5.74) is 4.54.